The number of hydrogen-bond acceptors (Lipinski definition) is 3. The van der Waals surface area contributed by atoms with Crippen LogP contribution >= 0.6 is 0 Å². The Morgan fingerprint density at radius 1 is 1.15 bits per heavy atom. The van der Waals surface area contributed by atoms with E-state index in [2.05, 4.69) is 9.47 Å². The first kappa shape index (κ1) is 8.04. The van der Waals surface area contributed by atoms with Crippen molar-refractivity contribution in [3.8, 4) is 0 Å². The van der Waals surface area contributed by atoms with Gasteiger partial charge < -0.3 is 9.47 Å². The Morgan fingerprint density at radius 3 is 2.38 bits per heavy atom. The number of alkyl halides is 1. The van der Waals surface area contributed by atoms with Crippen molar-refractivity contribution in [3.63, 3.8) is 0 Å². The molecule has 0 radical (unpaired) electrons. The fourth-order valence-electron chi connectivity index (χ4n) is 1.20. The lowest BCUT2D eigenvalue weighted by Gasteiger charge is -2.07. The zero-order chi connectivity index (χ0) is 9.26. The van der Waals surface area contributed by atoms with Gasteiger partial charge in [-0.1, -0.05) is 30.3 Å². The molecule has 1 aliphatic rings. The lowest BCUT2D eigenvalue weighted by atomic mass is 10.1. The highest BCUT2D eigenvalue weighted by Gasteiger charge is 2.37. The number of ether oxygens (including phenoxy) is 2. The molecule has 1 saturated heterocycles. The summed E-state index contributed by atoms with van der Waals surface area (Å²) in [4.78, 5) is 10.6. The molecule has 0 amide bonds. The fraction of sp³-hybridized carbons (Fsp3) is 0.222. The molecule has 0 saturated carbocycles. The monoisotopic (exact) mass is 182 g/mol. The van der Waals surface area contributed by atoms with Gasteiger partial charge in [-0.25, -0.2) is 4.79 Å². The van der Waals surface area contributed by atoms with E-state index in [1.165, 1.54) is 0 Å². The van der Waals surface area contributed by atoms with E-state index in [-0.39, 0.29) is 0 Å². The van der Waals surface area contributed by atoms with Gasteiger partial charge in [-0.05, 0) is 5.56 Å². The summed E-state index contributed by atoms with van der Waals surface area (Å²) in [7, 11) is 0. The van der Waals surface area contributed by atoms with Crippen LogP contribution in [-0.2, 0) is 9.47 Å². The molecular formula is C9H7FO3. The Morgan fingerprint density at radius 2 is 1.85 bits per heavy atom. The molecule has 2 rings (SSSR count). The van der Waals surface area contributed by atoms with E-state index in [1.807, 2.05) is 0 Å². The van der Waals surface area contributed by atoms with Crippen LogP contribution in [-0.4, -0.2) is 12.5 Å². The van der Waals surface area contributed by atoms with Crippen LogP contribution in [0.25, 0.3) is 0 Å². The minimum atomic E-state index is -1.70. The molecule has 1 aromatic rings. The average Bonchev–Trinajstić information content (AvgIpc) is 2.47. The predicted molar refractivity (Wildman–Crippen MR) is 41.6 cm³/mol. The molecular weight excluding hydrogens is 175 g/mol. The van der Waals surface area contributed by atoms with E-state index in [4.69, 9.17) is 0 Å². The van der Waals surface area contributed by atoms with Crippen LogP contribution in [0, 0.1) is 0 Å². The van der Waals surface area contributed by atoms with Gasteiger partial charge in [0, 0.05) is 0 Å². The third-order valence-corrected chi connectivity index (χ3v) is 1.80. The molecule has 3 nitrogen and oxygen atoms in total. The van der Waals surface area contributed by atoms with Crippen LogP contribution in [0.3, 0.4) is 0 Å². The number of benzene rings is 1. The summed E-state index contributed by atoms with van der Waals surface area (Å²) < 4.78 is 21.8. The molecule has 0 unspecified atom stereocenters. The van der Waals surface area contributed by atoms with E-state index in [0.717, 1.165) is 0 Å². The molecule has 0 aliphatic carbocycles. The largest absolute Gasteiger partial charge is 0.511 e. The third kappa shape index (κ3) is 1.47. The van der Waals surface area contributed by atoms with Crippen LogP contribution < -0.4 is 0 Å². The highest BCUT2D eigenvalue weighted by atomic mass is 19.1. The van der Waals surface area contributed by atoms with Gasteiger partial charge in [-0.15, -0.1) is 0 Å². The number of carbonyl (C=O) groups is 1. The third-order valence-electron chi connectivity index (χ3n) is 1.80. The molecule has 13 heavy (non-hydrogen) atoms. The average molecular weight is 182 g/mol. The van der Waals surface area contributed by atoms with Gasteiger partial charge >= 0.3 is 6.16 Å². The maximum atomic E-state index is 13.0. The van der Waals surface area contributed by atoms with E-state index < -0.39 is 18.6 Å². The number of rotatable bonds is 1. The minimum Gasteiger partial charge on any atom is -0.419 e. The van der Waals surface area contributed by atoms with E-state index in [1.54, 1.807) is 30.3 Å². The molecule has 0 aromatic heterocycles. The number of hydrogen-bond donors (Lipinski definition) is 0. The van der Waals surface area contributed by atoms with Crippen LogP contribution in [0.2, 0.25) is 0 Å². The van der Waals surface area contributed by atoms with E-state index in [0.29, 0.717) is 5.56 Å². The van der Waals surface area contributed by atoms with Crippen molar-refractivity contribution in [2.75, 3.05) is 0 Å². The zero-order valence-corrected chi connectivity index (χ0v) is 6.64. The summed E-state index contributed by atoms with van der Waals surface area (Å²) in [5.74, 6) is 0. The minimum absolute atomic E-state index is 0.598. The van der Waals surface area contributed by atoms with Gasteiger partial charge in [0.2, 0.25) is 0 Å². The molecule has 1 aliphatic heterocycles. The maximum Gasteiger partial charge on any atom is 0.511 e. The zero-order valence-electron chi connectivity index (χ0n) is 6.64. The van der Waals surface area contributed by atoms with Crippen LogP contribution in [0.15, 0.2) is 30.3 Å². The number of cyclic esters (lactones) is 2. The van der Waals surface area contributed by atoms with E-state index in [9.17, 15) is 9.18 Å². The summed E-state index contributed by atoms with van der Waals surface area (Å²) in [6, 6.07) is 8.65. The lowest BCUT2D eigenvalue weighted by Crippen LogP contribution is -2.08. The Labute approximate surface area is 74.1 Å². The molecule has 4 heteroatoms. The predicted octanol–water partition coefficient (Wildman–Crippen LogP) is 2.19. The lowest BCUT2D eigenvalue weighted by molar-refractivity contribution is 0.0309. The summed E-state index contributed by atoms with van der Waals surface area (Å²) in [6.45, 7) is 0. The molecule has 1 fully saturated rings. The Balaban J connectivity index is 2.23. The quantitative estimate of drug-likeness (QED) is 0.624. The van der Waals surface area contributed by atoms with Gasteiger partial charge in [0.15, 0.2) is 6.10 Å². The maximum absolute atomic E-state index is 13.0. The second kappa shape index (κ2) is 3.05. The van der Waals surface area contributed by atoms with Crippen LogP contribution in [0.5, 0.6) is 0 Å². The molecule has 0 spiro atoms. The number of halogens is 1. The van der Waals surface area contributed by atoms with Crippen molar-refractivity contribution in [2.24, 2.45) is 0 Å². The first-order valence-corrected chi connectivity index (χ1v) is 3.83. The van der Waals surface area contributed by atoms with Gasteiger partial charge in [-0.2, -0.15) is 4.39 Å². The summed E-state index contributed by atoms with van der Waals surface area (Å²) in [5, 5.41) is 0. The van der Waals surface area contributed by atoms with Crippen molar-refractivity contribution in [2.45, 2.75) is 12.5 Å². The van der Waals surface area contributed by atoms with Crippen molar-refractivity contribution in [3.05, 3.63) is 35.9 Å². The Bertz CT molecular complexity index is 312. The summed E-state index contributed by atoms with van der Waals surface area (Å²) in [6.07, 6.45) is -3.58. The molecule has 68 valence electrons. The van der Waals surface area contributed by atoms with Crippen molar-refractivity contribution < 1.29 is 18.7 Å². The summed E-state index contributed by atoms with van der Waals surface area (Å²) >= 11 is 0. The Hall–Kier alpha value is -1.58. The second-order valence-corrected chi connectivity index (χ2v) is 2.67. The molecule has 0 N–H and O–H groups in total. The molecule has 1 aromatic carbocycles. The van der Waals surface area contributed by atoms with Gasteiger partial charge in [0.25, 0.3) is 6.36 Å². The van der Waals surface area contributed by atoms with E-state index >= 15 is 0 Å². The first-order chi connectivity index (χ1) is 6.27. The van der Waals surface area contributed by atoms with Crippen molar-refractivity contribution >= 4 is 6.16 Å². The molecule has 0 bridgehead atoms. The smallest absolute Gasteiger partial charge is 0.419 e. The van der Waals surface area contributed by atoms with Crippen molar-refractivity contribution in [1.29, 1.82) is 0 Å². The fourth-order valence-corrected chi connectivity index (χ4v) is 1.20. The van der Waals surface area contributed by atoms with Crippen LogP contribution in [0.1, 0.15) is 11.7 Å². The summed E-state index contributed by atoms with van der Waals surface area (Å²) in [5.41, 5.74) is 0.598. The first-order valence-electron chi connectivity index (χ1n) is 3.83. The molecule has 1 heterocycles. The normalized spacial score (nSPS) is 26.7. The molecule has 2 atom stereocenters. The number of carbonyl (C=O) groups excluding carboxylic acids is 1. The topological polar surface area (TPSA) is 35.5 Å². The highest BCUT2D eigenvalue weighted by Crippen LogP contribution is 2.30. The van der Waals surface area contributed by atoms with Crippen LogP contribution in [0.4, 0.5) is 9.18 Å². The second-order valence-electron chi connectivity index (χ2n) is 2.67. The van der Waals surface area contributed by atoms with Gasteiger partial charge in [0.05, 0.1) is 0 Å². The Kier molecular flexibility index (Phi) is 1.88. The van der Waals surface area contributed by atoms with Gasteiger partial charge in [-0.3, -0.25) is 0 Å². The SMILES string of the molecule is O=C1O[C@@H](F)[C@H](c2ccccc2)O1. The standard InChI is InChI=1S/C9H7FO3/c10-8-7(12-9(11)13-8)6-4-2-1-3-5-6/h1-5,7-8H/t7-,8+/m0/s1. The van der Waals surface area contributed by atoms with Crippen molar-refractivity contribution in [1.82, 2.24) is 0 Å². The van der Waals surface area contributed by atoms with Gasteiger partial charge in [0.1, 0.15) is 0 Å². The highest BCUT2D eigenvalue weighted by molar-refractivity contribution is 5.62.